The Morgan fingerprint density at radius 3 is 2.54 bits per heavy atom. The zero-order chi connectivity index (χ0) is 9.68. The first-order valence-corrected chi connectivity index (χ1v) is 4.79. The fraction of sp³-hybridized carbons (Fsp3) is 0.222. The highest BCUT2D eigenvalue weighted by atomic mass is 32.1. The SMILES string of the molecule is Oc1ccc(CCNC(=S)S)cc1. The molecule has 0 aliphatic carbocycles. The summed E-state index contributed by atoms with van der Waals surface area (Å²) >= 11 is 8.69. The Labute approximate surface area is 88.4 Å². The molecule has 0 atom stereocenters. The number of benzene rings is 1. The molecule has 0 bridgehead atoms. The maximum absolute atomic E-state index is 9.02. The summed E-state index contributed by atoms with van der Waals surface area (Å²) in [5.41, 5.74) is 1.16. The Morgan fingerprint density at radius 1 is 1.38 bits per heavy atom. The first kappa shape index (κ1) is 10.3. The molecule has 0 aromatic heterocycles. The summed E-state index contributed by atoms with van der Waals surface area (Å²) in [6.07, 6.45) is 0.876. The van der Waals surface area contributed by atoms with Gasteiger partial charge in [0.05, 0.1) is 0 Å². The Hall–Kier alpha value is -0.740. The highest BCUT2D eigenvalue weighted by Crippen LogP contribution is 2.09. The number of phenols is 1. The van der Waals surface area contributed by atoms with Crippen LogP contribution in [0.15, 0.2) is 24.3 Å². The Bertz CT molecular complexity index is 284. The van der Waals surface area contributed by atoms with Crippen molar-refractivity contribution in [2.75, 3.05) is 6.54 Å². The van der Waals surface area contributed by atoms with E-state index < -0.39 is 0 Å². The summed E-state index contributed by atoms with van der Waals surface area (Å²) in [6.45, 7) is 0.771. The molecule has 0 saturated carbocycles. The van der Waals surface area contributed by atoms with E-state index in [2.05, 4.69) is 17.9 Å². The molecule has 0 aliphatic heterocycles. The topological polar surface area (TPSA) is 32.3 Å². The van der Waals surface area contributed by atoms with E-state index >= 15 is 0 Å². The molecule has 1 aromatic rings. The van der Waals surface area contributed by atoms with Gasteiger partial charge in [0.15, 0.2) is 0 Å². The second kappa shape index (κ2) is 5.09. The first-order chi connectivity index (χ1) is 6.18. The molecule has 13 heavy (non-hydrogen) atoms. The zero-order valence-corrected chi connectivity index (χ0v) is 8.74. The van der Waals surface area contributed by atoms with E-state index in [-0.39, 0.29) is 0 Å². The van der Waals surface area contributed by atoms with Crippen LogP contribution in [0.5, 0.6) is 5.75 Å². The molecule has 0 unspecified atom stereocenters. The summed E-state index contributed by atoms with van der Waals surface area (Å²) in [5.74, 6) is 0.293. The number of thiocarbonyl (C=S) groups is 1. The molecule has 0 heterocycles. The van der Waals surface area contributed by atoms with Gasteiger partial charge in [0.2, 0.25) is 0 Å². The van der Waals surface area contributed by atoms with E-state index in [1.165, 1.54) is 0 Å². The Kier molecular flexibility index (Phi) is 4.05. The van der Waals surface area contributed by atoms with Crippen molar-refractivity contribution in [3.63, 3.8) is 0 Å². The van der Waals surface area contributed by atoms with Crippen molar-refractivity contribution in [3.05, 3.63) is 29.8 Å². The number of nitrogens with one attached hydrogen (secondary N) is 1. The molecule has 1 aromatic carbocycles. The number of hydrogen-bond acceptors (Lipinski definition) is 2. The lowest BCUT2D eigenvalue weighted by Crippen LogP contribution is -2.19. The van der Waals surface area contributed by atoms with Crippen molar-refractivity contribution in [2.45, 2.75) is 6.42 Å². The lowest BCUT2D eigenvalue weighted by molar-refractivity contribution is 0.475. The van der Waals surface area contributed by atoms with Crippen LogP contribution in [0.1, 0.15) is 5.56 Å². The van der Waals surface area contributed by atoms with Gasteiger partial charge < -0.3 is 10.4 Å². The van der Waals surface area contributed by atoms with E-state index in [1.807, 2.05) is 12.1 Å². The third kappa shape index (κ3) is 4.15. The van der Waals surface area contributed by atoms with Crippen LogP contribution in [0.3, 0.4) is 0 Å². The maximum atomic E-state index is 9.02. The normalized spacial score (nSPS) is 9.62. The van der Waals surface area contributed by atoms with Gasteiger partial charge in [0.25, 0.3) is 0 Å². The quantitative estimate of drug-likeness (QED) is 0.528. The van der Waals surface area contributed by atoms with Gasteiger partial charge in [-0.3, -0.25) is 0 Å². The smallest absolute Gasteiger partial charge is 0.130 e. The minimum Gasteiger partial charge on any atom is -0.508 e. The summed E-state index contributed by atoms with van der Waals surface area (Å²) in [6, 6.07) is 7.12. The van der Waals surface area contributed by atoms with Gasteiger partial charge in [0, 0.05) is 6.54 Å². The number of thiol groups is 1. The number of phenolic OH excluding ortho intramolecular Hbond substituents is 1. The Balaban J connectivity index is 2.37. The van der Waals surface area contributed by atoms with Gasteiger partial charge in [-0.25, -0.2) is 0 Å². The van der Waals surface area contributed by atoms with E-state index in [4.69, 9.17) is 17.3 Å². The van der Waals surface area contributed by atoms with Gasteiger partial charge >= 0.3 is 0 Å². The summed E-state index contributed by atoms with van der Waals surface area (Å²) in [7, 11) is 0. The van der Waals surface area contributed by atoms with Crippen LogP contribution in [0, 0.1) is 0 Å². The van der Waals surface area contributed by atoms with Crippen LogP contribution >= 0.6 is 24.8 Å². The van der Waals surface area contributed by atoms with E-state index in [1.54, 1.807) is 12.1 Å². The van der Waals surface area contributed by atoms with Crippen molar-refractivity contribution in [1.82, 2.24) is 5.32 Å². The molecule has 2 nitrogen and oxygen atoms in total. The van der Waals surface area contributed by atoms with Crippen molar-refractivity contribution in [1.29, 1.82) is 0 Å². The third-order valence-corrected chi connectivity index (χ3v) is 1.93. The van der Waals surface area contributed by atoms with Crippen molar-refractivity contribution in [3.8, 4) is 5.75 Å². The molecule has 0 fully saturated rings. The molecule has 0 aliphatic rings. The molecular formula is C9H11NOS2. The van der Waals surface area contributed by atoms with Crippen LogP contribution < -0.4 is 5.32 Å². The molecular weight excluding hydrogens is 202 g/mol. The standard InChI is InChI=1S/C9H11NOS2/c11-8-3-1-7(2-4-8)5-6-10-9(12)13/h1-4,11H,5-6H2,(H2,10,12,13). The molecule has 1 rings (SSSR count). The minimum absolute atomic E-state index is 0.293. The van der Waals surface area contributed by atoms with Crippen LogP contribution in [0.4, 0.5) is 0 Å². The molecule has 0 saturated heterocycles. The average Bonchev–Trinajstić information content (AvgIpc) is 2.08. The maximum Gasteiger partial charge on any atom is 0.130 e. The second-order valence-electron chi connectivity index (χ2n) is 2.65. The number of aromatic hydroxyl groups is 1. The van der Waals surface area contributed by atoms with Crippen molar-refractivity contribution in [2.24, 2.45) is 0 Å². The predicted molar refractivity (Wildman–Crippen MR) is 61.4 cm³/mol. The van der Waals surface area contributed by atoms with Gasteiger partial charge in [-0.1, -0.05) is 24.4 Å². The van der Waals surface area contributed by atoms with E-state index in [9.17, 15) is 0 Å². The van der Waals surface area contributed by atoms with Gasteiger partial charge in [-0.15, -0.1) is 12.6 Å². The van der Waals surface area contributed by atoms with Gasteiger partial charge in [-0.2, -0.15) is 0 Å². The van der Waals surface area contributed by atoms with Crippen molar-refractivity contribution < 1.29 is 5.11 Å². The van der Waals surface area contributed by atoms with Crippen LogP contribution in [0.2, 0.25) is 0 Å². The highest BCUT2D eigenvalue weighted by Gasteiger charge is 1.93. The van der Waals surface area contributed by atoms with Crippen LogP contribution in [-0.4, -0.2) is 16.0 Å². The molecule has 2 N–H and O–H groups in total. The zero-order valence-electron chi connectivity index (χ0n) is 7.03. The second-order valence-corrected chi connectivity index (χ2v) is 3.81. The van der Waals surface area contributed by atoms with Gasteiger partial charge in [-0.05, 0) is 24.1 Å². The summed E-state index contributed by atoms with van der Waals surface area (Å²) in [5, 5.41) is 12.0. The third-order valence-electron chi connectivity index (χ3n) is 1.63. The molecule has 0 radical (unpaired) electrons. The molecule has 70 valence electrons. The number of hydrogen-bond donors (Lipinski definition) is 3. The van der Waals surface area contributed by atoms with E-state index in [0.29, 0.717) is 10.1 Å². The Morgan fingerprint density at radius 2 is 2.00 bits per heavy atom. The monoisotopic (exact) mass is 213 g/mol. The highest BCUT2D eigenvalue weighted by molar-refractivity contribution is 8.11. The van der Waals surface area contributed by atoms with Crippen molar-refractivity contribution >= 4 is 29.2 Å². The summed E-state index contributed by atoms with van der Waals surface area (Å²) < 4.78 is 0.513. The summed E-state index contributed by atoms with van der Waals surface area (Å²) in [4.78, 5) is 0. The van der Waals surface area contributed by atoms with Crippen LogP contribution in [0.25, 0.3) is 0 Å². The molecule has 0 amide bonds. The van der Waals surface area contributed by atoms with Crippen LogP contribution in [-0.2, 0) is 6.42 Å². The van der Waals surface area contributed by atoms with E-state index in [0.717, 1.165) is 18.5 Å². The lowest BCUT2D eigenvalue weighted by Gasteiger charge is -2.03. The molecule has 0 spiro atoms. The minimum atomic E-state index is 0.293. The lowest BCUT2D eigenvalue weighted by atomic mass is 10.1. The predicted octanol–water partition coefficient (Wildman–Crippen LogP) is 1.74. The largest absolute Gasteiger partial charge is 0.508 e. The first-order valence-electron chi connectivity index (χ1n) is 3.93. The number of rotatable bonds is 3. The molecule has 4 heteroatoms. The fourth-order valence-electron chi connectivity index (χ4n) is 0.976. The average molecular weight is 213 g/mol. The fourth-order valence-corrected chi connectivity index (χ4v) is 1.19. The van der Waals surface area contributed by atoms with Gasteiger partial charge in [0.1, 0.15) is 10.1 Å².